The first-order valence-corrected chi connectivity index (χ1v) is 4.18. The van der Waals surface area contributed by atoms with Crippen molar-refractivity contribution in [3.05, 3.63) is 0 Å². The Hall–Kier alpha value is -0.180. The summed E-state index contributed by atoms with van der Waals surface area (Å²) in [5.41, 5.74) is -1.04. The van der Waals surface area contributed by atoms with Crippen molar-refractivity contribution in [3.63, 3.8) is 0 Å². The lowest BCUT2D eigenvalue weighted by atomic mass is 9.77. The van der Waals surface area contributed by atoms with Gasteiger partial charge in [0.1, 0.15) is 12.2 Å². The van der Waals surface area contributed by atoms with E-state index in [4.69, 9.17) is 4.74 Å². The van der Waals surface area contributed by atoms with Gasteiger partial charge in [-0.25, -0.2) is 8.78 Å². The van der Waals surface area contributed by atoms with Gasteiger partial charge in [0, 0.05) is 0 Å². The Morgan fingerprint density at radius 1 is 1.00 bits per heavy atom. The second kappa shape index (κ2) is 2.16. The van der Waals surface area contributed by atoms with Crippen LogP contribution in [0, 0.1) is 0 Å². The molecule has 1 aliphatic carbocycles. The van der Waals surface area contributed by atoms with Gasteiger partial charge >= 0.3 is 0 Å². The largest absolute Gasteiger partial charge is 0.362 e. The van der Waals surface area contributed by atoms with Crippen molar-refractivity contribution in [2.24, 2.45) is 0 Å². The van der Waals surface area contributed by atoms with Crippen LogP contribution in [0.5, 0.6) is 0 Å². The van der Waals surface area contributed by atoms with E-state index >= 15 is 0 Å². The predicted octanol–water partition coefficient (Wildman–Crippen LogP) is 2.35. The monoisotopic (exact) mass is 162 g/mol. The summed E-state index contributed by atoms with van der Waals surface area (Å²) in [4.78, 5) is 0. The molecule has 0 unspecified atom stereocenters. The quantitative estimate of drug-likeness (QED) is 0.531. The summed E-state index contributed by atoms with van der Waals surface area (Å²) in [6, 6.07) is 0. The molecule has 0 radical (unpaired) electrons. The summed E-state index contributed by atoms with van der Waals surface area (Å²) in [6.45, 7) is -0.354. The normalized spacial score (nSPS) is 33.3. The van der Waals surface area contributed by atoms with E-state index in [0.29, 0.717) is 12.8 Å². The van der Waals surface area contributed by atoms with Gasteiger partial charge in [-0.15, -0.1) is 0 Å². The standard InChI is InChI=1S/C8H12F2O/c9-8(10)6-11-7(8)4-2-1-3-5-7/h1-6H2. The smallest absolute Gasteiger partial charge is 0.299 e. The Bertz CT molecular complexity index is 161. The lowest BCUT2D eigenvalue weighted by Crippen LogP contribution is -2.64. The Morgan fingerprint density at radius 2 is 1.64 bits per heavy atom. The number of hydrogen-bond donors (Lipinski definition) is 0. The molecule has 2 fully saturated rings. The number of alkyl halides is 2. The highest BCUT2D eigenvalue weighted by molar-refractivity contribution is 5.03. The van der Waals surface area contributed by atoms with Gasteiger partial charge < -0.3 is 4.74 Å². The molecule has 1 spiro atoms. The van der Waals surface area contributed by atoms with Crippen molar-refractivity contribution >= 4 is 0 Å². The maximum atomic E-state index is 13.0. The Balaban J connectivity index is 2.09. The van der Waals surface area contributed by atoms with Crippen molar-refractivity contribution in [1.82, 2.24) is 0 Å². The molecule has 0 bridgehead atoms. The number of halogens is 2. The zero-order valence-corrected chi connectivity index (χ0v) is 6.41. The van der Waals surface area contributed by atoms with Gasteiger partial charge in [0.25, 0.3) is 5.92 Å². The van der Waals surface area contributed by atoms with Crippen molar-refractivity contribution < 1.29 is 13.5 Å². The van der Waals surface area contributed by atoms with Crippen LogP contribution in [0.3, 0.4) is 0 Å². The molecule has 1 saturated heterocycles. The van der Waals surface area contributed by atoms with E-state index in [9.17, 15) is 8.78 Å². The molecule has 3 heteroatoms. The van der Waals surface area contributed by atoms with Crippen LogP contribution in [0.25, 0.3) is 0 Å². The zero-order chi connectivity index (χ0) is 7.95. The highest BCUT2D eigenvalue weighted by Gasteiger charge is 2.63. The van der Waals surface area contributed by atoms with Crippen LogP contribution in [0.4, 0.5) is 8.78 Å². The summed E-state index contributed by atoms with van der Waals surface area (Å²) in [5.74, 6) is -2.53. The van der Waals surface area contributed by atoms with Crippen molar-refractivity contribution in [3.8, 4) is 0 Å². The molecule has 2 rings (SSSR count). The van der Waals surface area contributed by atoms with Crippen LogP contribution in [0.1, 0.15) is 32.1 Å². The molecular formula is C8H12F2O. The summed E-state index contributed by atoms with van der Waals surface area (Å²) >= 11 is 0. The van der Waals surface area contributed by atoms with E-state index in [-0.39, 0.29) is 6.61 Å². The van der Waals surface area contributed by atoms with Gasteiger partial charge in [0.2, 0.25) is 0 Å². The van der Waals surface area contributed by atoms with Crippen molar-refractivity contribution in [2.75, 3.05) is 6.61 Å². The number of rotatable bonds is 0. The van der Waals surface area contributed by atoms with Crippen LogP contribution in [-0.2, 0) is 4.74 Å². The minimum absolute atomic E-state index is 0.354. The number of hydrogen-bond acceptors (Lipinski definition) is 1. The van der Waals surface area contributed by atoms with Gasteiger partial charge in [-0.2, -0.15) is 0 Å². The molecule has 2 aliphatic rings. The van der Waals surface area contributed by atoms with Crippen LogP contribution in [0.2, 0.25) is 0 Å². The van der Waals surface area contributed by atoms with Gasteiger partial charge in [0.05, 0.1) is 0 Å². The highest BCUT2D eigenvalue weighted by atomic mass is 19.3. The van der Waals surface area contributed by atoms with Gasteiger partial charge in [-0.1, -0.05) is 19.3 Å². The molecule has 1 saturated carbocycles. The molecule has 0 amide bonds. The van der Waals surface area contributed by atoms with E-state index in [1.807, 2.05) is 0 Å². The molecule has 0 aromatic carbocycles. The molecule has 64 valence electrons. The van der Waals surface area contributed by atoms with Crippen molar-refractivity contribution in [2.45, 2.75) is 43.6 Å². The third-order valence-corrected chi connectivity index (χ3v) is 2.86. The van der Waals surface area contributed by atoms with E-state index in [1.165, 1.54) is 0 Å². The van der Waals surface area contributed by atoms with Crippen LogP contribution >= 0.6 is 0 Å². The highest BCUT2D eigenvalue weighted by Crippen LogP contribution is 2.50. The Morgan fingerprint density at radius 3 is 1.91 bits per heavy atom. The molecule has 1 aliphatic heterocycles. The Kier molecular flexibility index (Phi) is 1.46. The van der Waals surface area contributed by atoms with E-state index in [1.54, 1.807) is 0 Å². The lowest BCUT2D eigenvalue weighted by Gasteiger charge is -2.50. The minimum Gasteiger partial charge on any atom is -0.362 e. The molecular weight excluding hydrogens is 150 g/mol. The summed E-state index contributed by atoms with van der Waals surface area (Å²) in [6.07, 6.45) is 3.99. The third kappa shape index (κ3) is 0.901. The van der Waals surface area contributed by atoms with Gasteiger partial charge in [0.15, 0.2) is 0 Å². The summed E-state index contributed by atoms with van der Waals surface area (Å²) in [7, 11) is 0. The molecule has 1 nitrogen and oxygen atoms in total. The van der Waals surface area contributed by atoms with Crippen LogP contribution in [-0.4, -0.2) is 18.1 Å². The first-order chi connectivity index (χ1) is 5.16. The van der Waals surface area contributed by atoms with Crippen LogP contribution in [0.15, 0.2) is 0 Å². The molecule has 11 heavy (non-hydrogen) atoms. The molecule has 1 heterocycles. The Labute approximate surface area is 64.7 Å². The SMILES string of the molecule is FC1(F)COC12CCCCC2. The van der Waals surface area contributed by atoms with Gasteiger partial charge in [-0.3, -0.25) is 0 Å². The fourth-order valence-electron chi connectivity index (χ4n) is 2.02. The van der Waals surface area contributed by atoms with E-state index < -0.39 is 11.5 Å². The molecule has 0 N–H and O–H groups in total. The molecule has 0 atom stereocenters. The first kappa shape index (κ1) is 7.47. The average molecular weight is 162 g/mol. The molecule has 0 aromatic heterocycles. The zero-order valence-electron chi connectivity index (χ0n) is 6.41. The summed E-state index contributed by atoms with van der Waals surface area (Å²) in [5, 5.41) is 0. The minimum atomic E-state index is -2.53. The van der Waals surface area contributed by atoms with E-state index in [2.05, 4.69) is 0 Å². The second-order valence-corrected chi connectivity index (χ2v) is 3.55. The van der Waals surface area contributed by atoms with Crippen molar-refractivity contribution in [1.29, 1.82) is 0 Å². The second-order valence-electron chi connectivity index (χ2n) is 3.55. The third-order valence-electron chi connectivity index (χ3n) is 2.86. The lowest BCUT2D eigenvalue weighted by molar-refractivity contribution is -0.338. The fourth-order valence-corrected chi connectivity index (χ4v) is 2.02. The van der Waals surface area contributed by atoms with Crippen LogP contribution < -0.4 is 0 Å². The number of ether oxygens (including phenoxy) is 1. The first-order valence-electron chi connectivity index (χ1n) is 4.18. The maximum absolute atomic E-state index is 13.0. The van der Waals surface area contributed by atoms with Gasteiger partial charge in [-0.05, 0) is 12.8 Å². The maximum Gasteiger partial charge on any atom is 0.299 e. The fraction of sp³-hybridized carbons (Fsp3) is 1.00. The van der Waals surface area contributed by atoms with E-state index in [0.717, 1.165) is 19.3 Å². The molecule has 0 aromatic rings. The summed E-state index contributed by atoms with van der Waals surface area (Å²) < 4.78 is 30.9. The predicted molar refractivity (Wildman–Crippen MR) is 36.7 cm³/mol. The average Bonchev–Trinajstić information content (AvgIpc) is 2.04. The topological polar surface area (TPSA) is 9.23 Å².